The number of hydrogen-bond donors (Lipinski definition) is 4. The molecule has 1 fully saturated rings. The number of aliphatic carboxylic acids is 1. The van der Waals surface area contributed by atoms with Crippen LogP contribution < -0.4 is 16.4 Å². The zero-order valence-corrected chi connectivity index (χ0v) is 33.7. The molecule has 0 unspecified atom stereocenters. The number of carbonyl (C=O) groups is 5. The number of nitrogens with zero attached hydrogens (tertiary/aromatic N) is 3. The first-order valence-corrected chi connectivity index (χ1v) is 18.8. The lowest BCUT2D eigenvalue weighted by Crippen LogP contribution is -2.62. The quantitative estimate of drug-likeness (QED) is 0.145. The summed E-state index contributed by atoms with van der Waals surface area (Å²) < 4.78 is 11.8. The van der Waals surface area contributed by atoms with Crippen molar-refractivity contribution in [3.05, 3.63) is 35.9 Å². The lowest BCUT2D eigenvalue weighted by Gasteiger charge is -2.41. The Kier molecular flexibility index (Phi) is 18.3. The van der Waals surface area contributed by atoms with Crippen LogP contribution in [-0.4, -0.2) is 140 Å². The molecule has 0 bridgehead atoms. The van der Waals surface area contributed by atoms with Gasteiger partial charge in [-0.25, -0.2) is 4.79 Å². The van der Waals surface area contributed by atoms with Crippen LogP contribution in [0.3, 0.4) is 0 Å². The summed E-state index contributed by atoms with van der Waals surface area (Å²) in [4.78, 5) is 72.2. The second-order valence-electron chi connectivity index (χ2n) is 15.2. The van der Waals surface area contributed by atoms with Gasteiger partial charge >= 0.3 is 5.97 Å². The number of nitrogens with one attached hydrogen (secondary N) is 2. The van der Waals surface area contributed by atoms with E-state index in [9.17, 15) is 29.1 Å². The molecular weight excluding hydrogens is 680 g/mol. The van der Waals surface area contributed by atoms with Gasteiger partial charge in [-0.2, -0.15) is 0 Å². The van der Waals surface area contributed by atoms with Gasteiger partial charge < -0.3 is 40.7 Å². The second kappa shape index (κ2) is 21.3. The minimum absolute atomic E-state index is 0.00547. The first kappa shape index (κ1) is 45.6. The van der Waals surface area contributed by atoms with Gasteiger partial charge in [-0.1, -0.05) is 71.4 Å². The molecule has 0 aliphatic carbocycles. The van der Waals surface area contributed by atoms with Crippen molar-refractivity contribution in [3.8, 4) is 0 Å². The lowest BCUT2D eigenvalue weighted by atomic mass is 9.89. The average molecular weight is 747 g/mol. The van der Waals surface area contributed by atoms with Crippen LogP contribution in [0.4, 0.5) is 0 Å². The topological polar surface area (TPSA) is 184 Å². The first-order chi connectivity index (χ1) is 24.9. The molecule has 4 amide bonds. The summed E-state index contributed by atoms with van der Waals surface area (Å²) >= 11 is 0. The fourth-order valence-corrected chi connectivity index (χ4v) is 7.67. The van der Waals surface area contributed by atoms with Gasteiger partial charge in [0.25, 0.3) is 0 Å². The number of carbonyl (C=O) groups excluding carboxylic acids is 4. The van der Waals surface area contributed by atoms with Gasteiger partial charge in [0.1, 0.15) is 12.1 Å². The number of rotatable bonds is 21. The number of ether oxygens (including phenoxy) is 2. The molecule has 10 atom stereocenters. The third kappa shape index (κ3) is 12.2. The van der Waals surface area contributed by atoms with Crippen molar-refractivity contribution in [2.24, 2.45) is 23.5 Å². The monoisotopic (exact) mass is 746 g/mol. The van der Waals surface area contributed by atoms with Gasteiger partial charge in [0.05, 0.1) is 42.7 Å². The highest BCUT2D eigenvalue weighted by atomic mass is 16.5. The standard InChI is InChI=1S/C39H66N6O8/c1-12-24(4)34(44(9)38(49)32(26(6)40)42-37(48)33(23(2)3)43(7)8)30(52-10)22-31(46)45-20-16-19-29(45)35(53-11)25(5)36(47)41-28(39(50)51)21-27-17-14-13-15-18-27/h13-15,17-18,23-26,28-30,32-35H,12,16,19-22,40H2,1-11H3,(H,41,47)(H,42,48)(H,50,51)/t24-,25+,26-,28-,29-,30+,32+,33-,34-,35+/m0/s1. The molecule has 53 heavy (non-hydrogen) atoms. The minimum Gasteiger partial charge on any atom is -0.480 e. The largest absolute Gasteiger partial charge is 0.480 e. The average Bonchev–Trinajstić information content (AvgIpc) is 3.59. The molecule has 1 aromatic carbocycles. The molecule has 300 valence electrons. The zero-order valence-electron chi connectivity index (χ0n) is 33.7. The maximum Gasteiger partial charge on any atom is 0.326 e. The van der Waals surface area contributed by atoms with Gasteiger partial charge in [-0.3, -0.25) is 24.1 Å². The van der Waals surface area contributed by atoms with Crippen molar-refractivity contribution in [1.82, 2.24) is 25.3 Å². The van der Waals surface area contributed by atoms with Crippen molar-refractivity contribution < 1.29 is 38.6 Å². The molecule has 14 heteroatoms. The van der Waals surface area contributed by atoms with E-state index < -0.39 is 66.3 Å². The predicted molar refractivity (Wildman–Crippen MR) is 204 cm³/mol. The van der Waals surface area contributed by atoms with E-state index in [0.717, 1.165) is 5.56 Å². The number of carboxylic acid groups (broad SMARTS) is 1. The Morgan fingerprint density at radius 1 is 0.962 bits per heavy atom. The van der Waals surface area contributed by atoms with Gasteiger partial charge in [0, 0.05) is 40.3 Å². The predicted octanol–water partition coefficient (Wildman–Crippen LogP) is 2.14. The van der Waals surface area contributed by atoms with E-state index in [0.29, 0.717) is 25.8 Å². The molecule has 14 nitrogen and oxygen atoms in total. The second-order valence-corrected chi connectivity index (χ2v) is 15.2. The molecule has 0 saturated carbocycles. The smallest absolute Gasteiger partial charge is 0.326 e. The number of benzene rings is 1. The van der Waals surface area contributed by atoms with E-state index in [1.807, 2.05) is 77.0 Å². The molecule has 1 aliphatic rings. The zero-order chi connectivity index (χ0) is 40.2. The van der Waals surface area contributed by atoms with E-state index in [-0.39, 0.29) is 42.4 Å². The number of likely N-dealkylation sites (tertiary alicyclic amines) is 1. The van der Waals surface area contributed by atoms with Crippen LogP contribution in [0, 0.1) is 17.8 Å². The Hall–Kier alpha value is -3.59. The minimum atomic E-state index is -1.14. The number of nitrogens with two attached hydrogens (primary N) is 1. The van der Waals surface area contributed by atoms with Crippen LogP contribution in [0.15, 0.2) is 30.3 Å². The summed E-state index contributed by atoms with van der Waals surface area (Å²) in [6.45, 7) is 11.7. The normalized spacial score (nSPS) is 19.7. The Labute approximate surface area is 316 Å². The van der Waals surface area contributed by atoms with E-state index in [4.69, 9.17) is 15.2 Å². The molecule has 2 rings (SSSR count). The van der Waals surface area contributed by atoms with Crippen molar-refractivity contribution in [1.29, 1.82) is 0 Å². The van der Waals surface area contributed by atoms with Crippen LogP contribution >= 0.6 is 0 Å². The van der Waals surface area contributed by atoms with E-state index in [1.54, 1.807) is 30.7 Å². The molecular formula is C39H66N6O8. The Morgan fingerprint density at radius 2 is 1.58 bits per heavy atom. The highest BCUT2D eigenvalue weighted by molar-refractivity contribution is 5.90. The summed E-state index contributed by atoms with van der Waals surface area (Å²) in [7, 11) is 8.29. The van der Waals surface area contributed by atoms with Gasteiger partial charge in [-0.05, 0) is 51.3 Å². The third-order valence-electron chi connectivity index (χ3n) is 10.7. The van der Waals surface area contributed by atoms with Crippen LogP contribution in [0.1, 0.15) is 72.8 Å². The van der Waals surface area contributed by atoms with E-state index in [2.05, 4.69) is 10.6 Å². The fourth-order valence-electron chi connectivity index (χ4n) is 7.67. The summed E-state index contributed by atoms with van der Waals surface area (Å²) in [6, 6.07) is 4.82. The van der Waals surface area contributed by atoms with Crippen LogP contribution in [0.2, 0.25) is 0 Å². The Bertz CT molecular complexity index is 1340. The fraction of sp³-hybridized carbons (Fsp3) is 0.718. The lowest BCUT2D eigenvalue weighted by molar-refractivity contribution is -0.148. The maximum absolute atomic E-state index is 14.1. The van der Waals surface area contributed by atoms with E-state index in [1.165, 1.54) is 14.2 Å². The molecule has 1 saturated heterocycles. The van der Waals surface area contributed by atoms with Gasteiger partial charge in [0.2, 0.25) is 23.6 Å². The van der Waals surface area contributed by atoms with Crippen molar-refractivity contribution in [3.63, 3.8) is 0 Å². The third-order valence-corrected chi connectivity index (χ3v) is 10.7. The molecule has 0 spiro atoms. The van der Waals surface area contributed by atoms with Crippen molar-refractivity contribution in [2.45, 2.75) is 122 Å². The van der Waals surface area contributed by atoms with Crippen LogP contribution in [0.5, 0.6) is 0 Å². The van der Waals surface area contributed by atoms with Crippen molar-refractivity contribution in [2.75, 3.05) is 41.9 Å². The summed E-state index contributed by atoms with van der Waals surface area (Å²) in [5, 5.41) is 15.4. The Morgan fingerprint density at radius 3 is 2.08 bits per heavy atom. The molecule has 5 N–H and O–H groups in total. The van der Waals surface area contributed by atoms with Crippen molar-refractivity contribution >= 4 is 29.6 Å². The number of carboxylic acids is 1. The first-order valence-electron chi connectivity index (χ1n) is 18.8. The number of hydrogen-bond acceptors (Lipinski definition) is 9. The van der Waals surface area contributed by atoms with Crippen LogP contribution in [0.25, 0.3) is 0 Å². The number of methoxy groups -OCH3 is 2. The summed E-state index contributed by atoms with van der Waals surface area (Å²) in [5.74, 6) is -3.36. The molecule has 0 aromatic heterocycles. The summed E-state index contributed by atoms with van der Waals surface area (Å²) in [5.41, 5.74) is 7.08. The molecule has 0 radical (unpaired) electrons. The SMILES string of the molecule is CC[C@H](C)[C@@H]([C@@H](CC(=O)N1CCC[C@H]1[C@H](OC)[C@@H](C)C(=O)N[C@@H](Cc1ccccc1)C(=O)O)OC)N(C)C(=O)[C@H](NC(=O)[C@H](C(C)C)N(C)C)[C@H](C)N. The highest BCUT2D eigenvalue weighted by Crippen LogP contribution is 2.29. The molecule has 1 aromatic rings. The van der Waals surface area contributed by atoms with Crippen LogP contribution in [-0.2, 0) is 39.9 Å². The van der Waals surface area contributed by atoms with Gasteiger partial charge in [-0.15, -0.1) is 0 Å². The number of amides is 4. The summed E-state index contributed by atoms with van der Waals surface area (Å²) in [6.07, 6.45) is 0.668. The molecule has 1 aliphatic heterocycles. The number of likely N-dealkylation sites (N-methyl/N-ethyl adjacent to an activating group) is 2. The Balaban J connectivity index is 2.27. The highest BCUT2D eigenvalue weighted by Gasteiger charge is 2.43. The molecule has 1 heterocycles. The van der Waals surface area contributed by atoms with E-state index >= 15 is 0 Å². The van der Waals surface area contributed by atoms with Gasteiger partial charge in [0.15, 0.2) is 0 Å². The maximum atomic E-state index is 14.1.